The van der Waals surface area contributed by atoms with E-state index in [1.54, 1.807) is 12.1 Å². The van der Waals surface area contributed by atoms with Gasteiger partial charge < -0.3 is 4.74 Å². The van der Waals surface area contributed by atoms with E-state index in [0.717, 1.165) is 10.5 Å². The predicted octanol–water partition coefficient (Wildman–Crippen LogP) is 4.37. The van der Waals surface area contributed by atoms with Crippen LogP contribution >= 0.6 is 25.0 Å². The molecule has 2 rings (SSSR count). The molecule has 0 saturated carbocycles. The van der Waals surface area contributed by atoms with Crippen LogP contribution in [0.2, 0.25) is 0 Å². The SMILES string of the molecule is Cc1cc(Oc2ccccc2C#N)ccc1S.Cl. The topological polar surface area (TPSA) is 33.0 Å². The fourth-order valence-electron chi connectivity index (χ4n) is 1.47. The van der Waals surface area contributed by atoms with Crippen molar-refractivity contribution >= 4 is 25.0 Å². The third-order valence-electron chi connectivity index (χ3n) is 2.40. The molecule has 0 aliphatic rings. The molecule has 2 aromatic carbocycles. The first-order chi connectivity index (χ1) is 8.20. The fourth-order valence-corrected chi connectivity index (χ4v) is 1.61. The van der Waals surface area contributed by atoms with Gasteiger partial charge in [0.25, 0.3) is 0 Å². The molecule has 0 atom stereocenters. The molecule has 92 valence electrons. The molecule has 0 aliphatic carbocycles. The first kappa shape index (κ1) is 14.4. The second kappa shape index (κ2) is 6.34. The van der Waals surface area contributed by atoms with Gasteiger partial charge in [-0.2, -0.15) is 5.26 Å². The van der Waals surface area contributed by atoms with Crippen LogP contribution in [0.5, 0.6) is 11.5 Å². The Morgan fingerprint density at radius 1 is 1.17 bits per heavy atom. The average Bonchev–Trinajstić information content (AvgIpc) is 2.34. The van der Waals surface area contributed by atoms with Crippen molar-refractivity contribution in [2.75, 3.05) is 0 Å². The molecule has 0 N–H and O–H groups in total. The molecule has 2 nitrogen and oxygen atoms in total. The van der Waals surface area contributed by atoms with Gasteiger partial charge in [-0.3, -0.25) is 0 Å². The maximum Gasteiger partial charge on any atom is 0.145 e. The van der Waals surface area contributed by atoms with E-state index in [2.05, 4.69) is 18.7 Å². The second-order valence-electron chi connectivity index (χ2n) is 3.66. The lowest BCUT2D eigenvalue weighted by Crippen LogP contribution is -1.88. The van der Waals surface area contributed by atoms with Crippen molar-refractivity contribution in [3.63, 3.8) is 0 Å². The van der Waals surface area contributed by atoms with Crippen LogP contribution in [0.4, 0.5) is 0 Å². The summed E-state index contributed by atoms with van der Waals surface area (Å²) in [4.78, 5) is 0.922. The Bertz CT molecular complexity index is 593. The number of benzene rings is 2. The molecule has 0 heterocycles. The van der Waals surface area contributed by atoms with E-state index in [-0.39, 0.29) is 12.4 Å². The van der Waals surface area contributed by atoms with Crippen molar-refractivity contribution in [2.24, 2.45) is 0 Å². The Morgan fingerprint density at radius 3 is 2.56 bits per heavy atom. The van der Waals surface area contributed by atoms with Crippen molar-refractivity contribution in [3.05, 3.63) is 53.6 Å². The molecule has 0 aliphatic heterocycles. The van der Waals surface area contributed by atoms with Crippen LogP contribution in [-0.2, 0) is 0 Å². The van der Waals surface area contributed by atoms with E-state index >= 15 is 0 Å². The Kier molecular flexibility index (Phi) is 5.08. The summed E-state index contributed by atoms with van der Waals surface area (Å²) < 4.78 is 5.68. The molecular weight excluding hydrogens is 266 g/mol. The molecule has 0 saturated heterocycles. The number of aryl methyl sites for hydroxylation is 1. The van der Waals surface area contributed by atoms with Crippen LogP contribution in [0.25, 0.3) is 0 Å². The van der Waals surface area contributed by atoms with Gasteiger partial charge in [0.1, 0.15) is 17.6 Å². The van der Waals surface area contributed by atoms with E-state index in [1.165, 1.54) is 0 Å². The molecule has 4 heteroatoms. The van der Waals surface area contributed by atoms with Gasteiger partial charge in [0.05, 0.1) is 5.56 Å². The lowest BCUT2D eigenvalue weighted by Gasteiger charge is -2.08. The zero-order chi connectivity index (χ0) is 12.3. The van der Waals surface area contributed by atoms with E-state index in [9.17, 15) is 0 Å². The highest BCUT2D eigenvalue weighted by Crippen LogP contribution is 2.27. The molecule has 0 radical (unpaired) electrons. The number of thiol groups is 1. The standard InChI is InChI=1S/C14H11NOS.ClH/c1-10-8-12(6-7-14(10)17)16-13-5-3-2-4-11(13)9-15;/h2-8,17H,1H3;1H. The minimum Gasteiger partial charge on any atom is -0.456 e. The van der Waals surface area contributed by atoms with Crippen molar-refractivity contribution < 1.29 is 4.74 Å². The summed E-state index contributed by atoms with van der Waals surface area (Å²) >= 11 is 4.30. The normalized spacial score (nSPS) is 9.17. The lowest BCUT2D eigenvalue weighted by molar-refractivity contribution is 0.480. The zero-order valence-corrected chi connectivity index (χ0v) is 11.5. The van der Waals surface area contributed by atoms with E-state index < -0.39 is 0 Å². The molecule has 0 bridgehead atoms. The molecule has 0 amide bonds. The first-order valence-electron chi connectivity index (χ1n) is 5.17. The van der Waals surface area contributed by atoms with Crippen LogP contribution in [0.3, 0.4) is 0 Å². The molecule has 18 heavy (non-hydrogen) atoms. The highest BCUT2D eigenvalue weighted by molar-refractivity contribution is 7.80. The minimum atomic E-state index is 0. The van der Waals surface area contributed by atoms with Crippen LogP contribution in [0, 0.1) is 18.3 Å². The first-order valence-corrected chi connectivity index (χ1v) is 5.62. The molecule has 0 aromatic heterocycles. The quantitative estimate of drug-likeness (QED) is 0.827. The third kappa shape index (κ3) is 3.19. The molecular formula is C14H12ClNOS. The third-order valence-corrected chi connectivity index (χ3v) is 2.91. The Labute approximate surface area is 118 Å². The van der Waals surface area contributed by atoms with Crippen molar-refractivity contribution in [3.8, 4) is 17.6 Å². The Balaban J connectivity index is 0.00000162. The number of halogens is 1. The maximum atomic E-state index is 8.95. The van der Waals surface area contributed by atoms with Gasteiger partial charge in [-0.15, -0.1) is 25.0 Å². The van der Waals surface area contributed by atoms with Gasteiger partial charge in [0, 0.05) is 4.90 Å². The number of hydrogen-bond donors (Lipinski definition) is 1. The predicted molar refractivity (Wildman–Crippen MR) is 76.9 cm³/mol. The zero-order valence-electron chi connectivity index (χ0n) is 9.75. The number of nitriles is 1. The van der Waals surface area contributed by atoms with E-state index in [1.807, 2.05) is 37.3 Å². The number of nitrogens with zero attached hydrogens (tertiary/aromatic N) is 1. The number of rotatable bonds is 2. The molecule has 0 unspecified atom stereocenters. The number of hydrogen-bond acceptors (Lipinski definition) is 3. The van der Waals surface area contributed by atoms with Crippen molar-refractivity contribution in [2.45, 2.75) is 11.8 Å². The highest BCUT2D eigenvalue weighted by atomic mass is 35.5. The maximum absolute atomic E-state index is 8.95. The van der Waals surface area contributed by atoms with Crippen molar-refractivity contribution in [1.82, 2.24) is 0 Å². The van der Waals surface area contributed by atoms with Gasteiger partial charge in [-0.05, 0) is 42.8 Å². The van der Waals surface area contributed by atoms with E-state index in [4.69, 9.17) is 10.00 Å². The minimum absolute atomic E-state index is 0. The second-order valence-corrected chi connectivity index (χ2v) is 4.14. The van der Waals surface area contributed by atoms with Gasteiger partial charge in [0.2, 0.25) is 0 Å². The van der Waals surface area contributed by atoms with E-state index in [0.29, 0.717) is 17.1 Å². The summed E-state index contributed by atoms with van der Waals surface area (Å²) in [6.07, 6.45) is 0. The number of ether oxygens (including phenoxy) is 1. The summed E-state index contributed by atoms with van der Waals surface area (Å²) in [7, 11) is 0. The fraction of sp³-hybridized carbons (Fsp3) is 0.0714. The van der Waals surface area contributed by atoms with Gasteiger partial charge in [-0.25, -0.2) is 0 Å². The van der Waals surface area contributed by atoms with Crippen molar-refractivity contribution in [1.29, 1.82) is 5.26 Å². The monoisotopic (exact) mass is 277 g/mol. The summed E-state index contributed by atoms with van der Waals surface area (Å²) in [5.74, 6) is 1.28. The molecule has 0 spiro atoms. The summed E-state index contributed by atoms with van der Waals surface area (Å²) in [6.45, 7) is 1.96. The van der Waals surface area contributed by atoms with Gasteiger partial charge in [-0.1, -0.05) is 12.1 Å². The Hall–Kier alpha value is -1.63. The lowest BCUT2D eigenvalue weighted by atomic mass is 10.2. The summed E-state index contributed by atoms with van der Waals surface area (Å²) in [5, 5.41) is 8.95. The average molecular weight is 278 g/mol. The van der Waals surface area contributed by atoms with Gasteiger partial charge >= 0.3 is 0 Å². The van der Waals surface area contributed by atoms with Crippen LogP contribution in [0.1, 0.15) is 11.1 Å². The molecule has 2 aromatic rings. The molecule has 0 fully saturated rings. The smallest absolute Gasteiger partial charge is 0.145 e. The van der Waals surface area contributed by atoms with Crippen LogP contribution < -0.4 is 4.74 Å². The van der Waals surface area contributed by atoms with Gasteiger partial charge in [0.15, 0.2) is 0 Å². The largest absolute Gasteiger partial charge is 0.456 e. The summed E-state index contributed by atoms with van der Waals surface area (Å²) in [5.41, 5.74) is 1.57. The highest BCUT2D eigenvalue weighted by Gasteiger charge is 2.04. The number of para-hydroxylation sites is 1. The van der Waals surface area contributed by atoms with Crippen LogP contribution in [0.15, 0.2) is 47.4 Å². The van der Waals surface area contributed by atoms with Crippen LogP contribution in [-0.4, -0.2) is 0 Å². The summed E-state index contributed by atoms with van der Waals surface area (Å²) in [6, 6.07) is 14.9. The Morgan fingerprint density at radius 2 is 1.89 bits per heavy atom.